The molecule has 32 heavy (non-hydrogen) atoms. The zero-order valence-corrected chi connectivity index (χ0v) is 19.0. The number of Topliss-reactive ketones (excluding diaryl/α,β-unsaturated/α-hetero) is 1. The van der Waals surface area contributed by atoms with Crippen LogP contribution >= 0.6 is 0 Å². The number of imide groups is 1. The number of carbonyl (C=O) groups excluding carboxylic acids is 3. The number of carbonyl (C=O) groups is 3. The maximum atomic E-state index is 13.3. The van der Waals surface area contributed by atoms with Crippen molar-refractivity contribution in [3.8, 4) is 11.5 Å². The maximum Gasteiger partial charge on any atom is 0.325 e. The third-order valence-electron chi connectivity index (χ3n) is 6.19. The normalized spacial score (nSPS) is 19.8. The summed E-state index contributed by atoms with van der Waals surface area (Å²) >= 11 is 0. The Balaban J connectivity index is 1.60. The molecule has 3 amide bonds. The number of ether oxygens (including phenoxy) is 2. The summed E-state index contributed by atoms with van der Waals surface area (Å²) in [5.74, 6) is 0.848. The van der Waals surface area contributed by atoms with E-state index in [1.54, 1.807) is 25.1 Å². The highest BCUT2D eigenvalue weighted by Crippen LogP contribution is 2.38. The minimum absolute atomic E-state index is 0.115. The van der Waals surface area contributed by atoms with E-state index in [2.05, 4.69) is 19.2 Å². The van der Waals surface area contributed by atoms with Crippen molar-refractivity contribution < 1.29 is 23.9 Å². The topological polar surface area (TPSA) is 84.9 Å². The van der Waals surface area contributed by atoms with E-state index in [0.29, 0.717) is 28.5 Å². The number of nitrogens with one attached hydrogen (secondary N) is 1. The zero-order chi connectivity index (χ0) is 23.2. The molecule has 7 nitrogen and oxygen atoms in total. The van der Waals surface area contributed by atoms with Crippen molar-refractivity contribution in [2.45, 2.75) is 52.0 Å². The molecule has 1 saturated heterocycles. The predicted octanol–water partition coefficient (Wildman–Crippen LogP) is 4.31. The van der Waals surface area contributed by atoms with Gasteiger partial charge < -0.3 is 14.8 Å². The molecule has 1 fully saturated rings. The maximum absolute atomic E-state index is 13.3. The smallest absolute Gasteiger partial charge is 0.325 e. The molecule has 1 N–H and O–H groups in total. The number of nitrogens with zero attached hydrogens (tertiary/aromatic N) is 1. The Kier molecular flexibility index (Phi) is 5.44. The van der Waals surface area contributed by atoms with Crippen LogP contribution in [0.15, 0.2) is 36.4 Å². The van der Waals surface area contributed by atoms with Crippen LogP contribution < -0.4 is 14.8 Å². The zero-order valence-electron chi connectivity index (χ0n) is 19.0. The lowest BCUT2D eigenvalue weighted by molar-refractivity contribution is -0.130. The summed E-state index contributed by atoms with van der Waals surface area (Å²) in [5, 5.41) is 2.74. The first kappa shape index (κ1) is 21.9. The van der Waals surface area contributed by atoms with E-state index in [-0.39, 0.29) is 25.0 Å². The van der Waals surface area contributed by atoms with Crippen molar-refractivity contribution in [1.29, 1.82) is 0 Å². The third kappa shape index (κ3) is 3.61. The van der Waals surface area contributed by atoms with Crippen LogP contribution in [0, 0.1) is 0 Å². The number of benzene rings is 2. The molecule has 0 unspecified atom stereocenters. The van der Waals surface area contributed by atoms with Gasteiger partial charge in [0.1, 0.15) is 5.54 Å². The van der Waals surface area contributed by atoms with Gasteiger partial charge in [-0.3, -0.25) is 14.5 Å². The Labute approximate surface area is 187 Å². The molecular formula is C25H28N2O5. The quantitative estimate of drug-likeness (QED) is 0.539. The summed E-state index contributed by atoms with van der Waals surface area (Å²) in [6, 6.07) is 10.3. The van der Waals surface area contributed by atoms with E-state index in [4.69, 9.17) is 9.47 Å². The van der Waals surface area contributed by atoms with Crippen LogP contribution in [0.25, 0.3) is 0 Å². The van der Waals surface area contributed by atoms with Crippen LogP contribution in [0.4, 0.5) is 4.79 Å². The summed E-state index contributed by atoms with van der Waals surface area (Å²) in [6.45, 7) is 9.69. The van der Waals surface area contributed by atoms with Crippen molar-refractivity contribution in [3.05, 3.63) is 58.7 Å². The minimum Gasteiger partial charge on any atom is -0.454 e. The van der Waals surface area contributed by atoms with Crippen molar-refractivity contribution in [3.63, 3.8) is 0 Å². The van der Waals surface area contributed by atoms with Gasteiger partial charge in [-0.05, 0) is 47.6 Å². The minimum atomic E-state index is -1.29. The van der Waals surface area contributed by atoms with Crippen LogP contribution in [0.1, 0.15) is 73.5 Å². The summed E-state index contributed by atoms with van der Waals surface area (Å²) in [7, 11) is 0. The first-order chi connectivity index (χ1) is 15.1. The molecule has 2 aliphatic rings. The highest BCUT2D eigenvalue weighted by molar-refractivity contribution is 6.11. The van der Waals surface area contributed by atoms with Crippen molar-refractivity contribution >= 4 is 17.7 Å². The average molecular weight is 437 g/mol. The number of hydrogen-bond acceptors (Lipinski definition) is 5. The molecule has 4 rings (SSSR count). The van der Waals surface area contributed by atoms with E-state index in [1.807, 2.05) is 32.0 Å². The SMILES string of the molecule is CC(C)c1ccc(C(=O)CN2C(=O)N[C@@](C)(c3ccc4c(c3)OCO4)C2=O)c(C(C)C)c1. The molecule has 0 aromatic heterocycles. The number of rotatable bonds is 6. The number of amides is 3. The van der Waals surface area contributed by atoms with E-state index >= 15 is 0 Å². The molecule has 0 bridgehead atoms. The van der Waals surface area contributed by atoms with E-state index < -0.39 is 17.5 Å². The fraction of sp³-hybridized carbons (Fsp3) is 0.400. The van der Waals surface area contributed by atoms with Gasteiger partial charge in [-0.25, -0.2) is 4.79 Å². The second-order valence-corrected chi connectivity index (χ2v) is 9.09. The fourth-order valence-electron chi connectivity index (χ4n) is 4.14. The Morgan fingerprint density at radius 2 is 1.75 bits per heavy atom. The van der Waals surface area contributed by atoms with Gasteiger partial charge in [0, 0.05) is 5.56 Å². The van der Waals surface area contributed by atoms with Crippen LogP contribution in [0.3, 0.4) is 0 Å². The van der Waals surface area contributed by atoms with Gasteiger partial charge in [0.25, 0.3) is 5.91 Å². The molecule has 2 aliphatic heterocycles. The van der Waals surface area contributed by atoms with Crippen LogP contribution in [-0.4, -0.2) is 36.0 Å². The number of fused-ring (bicyclic) bond motifs is 1. The standard InChI is InChI=1S/C25H28N2O5/c1-14(2)16-6-8-18(19(10-16)15(3)4)20(28)12-27-23(29)25(5,26-24(27)30)17-7-9-21-22(11-17)32-13-31-21/h6-11,14-15H,12-13H2,1-5H3,(H,26,30)/t25-/m0/s1. The van der Waals surface area contributed by atoms with Crippen LogP contribution in [0.5, 0.6) is 11.5 Å². The fourth-order valence-corrected chi connectivity index (χ4v) is 4.14. The molecule has 1 atom stereocenters. The molecule has 2 heterocycles. The second-order valence-electron chi connectivity index (χ2n) is 9.09. The van der Waals surface area contributed by atoms with Crippen LogP contribution in [-0.2, 0) is 10.3 Å². The van der Waals surface area contributed by atoms with Gasteiger partial charge in [0.15, 0.2) is 17.3 Å². The Morgan fingerprint density at radius 1 is 1.03 bits per heavy atom. The van der Waals surface area contributed by atoms with Crippen molar-refractivity contribution in [2.24, 2.45) is 0 Å². The molecule has 0 radical (unpaired) electrons. The highest BCUT2D eigenvalue weighted by atomic mass is 16.7. The molecule has 168 valence electrons. The van der Waals surface area contributed by atoms with E-state index in [9.17, 15) is 14.4 Å². The Bertz CT molecular complexity index is 1110. The number of hydrogen-bond donors (Lipinski definition) is 1. The molecule has 0 spiro atoms. The third-order valence-corrected chi connectivity index (χ3v) is 6.19. The monoisotopic (exact) mass is 436 g/mol. The predicted molar refractivity (Wildman–Crippen MR) is 119 cm³/mol. The molecule has 2 aromatic carbocycles. The first-order valence-electron chi connectivity index (χ1n) is 10.8. The van der Waals surface area contributed by atoms with E-state index in [0.717, 1.165) is 16.0 Å². The molecule has 7 heteroatoms. The van der Waals surface area contributed by atoms with Gasteiger partial charge in [0.05, 0.1) is 6.54 Å². The highest BCUT2D eigenvalue weighted by Gasteiger charge is 2.50. The van der Waals surface area contributed by atoms with Gasteiger partial charge in [-0.15, -0.1) is 0 Å². The second kappa shape index (κ2) is 7.97. The van der Waals surface area contributed by atoms with Gasteiger partial charge in [-0.2, -0.15) is 0 Å². The lowest BCUT2D eigenvalue weighted by Crippen LogP contribution is -2.41. The van der Waals surface area contributed by atoms with Crippen molar-refractivity contribution in [1.82, 2.24) is 10.2 Å². The number of ketones is 1. The lowest BCUT2D eigenvalue weighted by Gasteiger charge is -2.22. The van der Waals surface area contributed by atoms with Gasteiger partial charge >= 0.3 is 6.03 Å². The molecular weight excluding hydrogens is 408 g/mol. The summed E-state index contributed by atoms with van der Waals surface area (Å²) < 4.78 is 10.7. The summed E-state index contributed by atoms with van der Waals surface area (Å²) in [4.78, 5) is 40.2. The van der Waals surface area contributed by atoms with Crippen LogP contribution in [0.2, 0.25) is 0 Å². The van der Waals surface area contributed by atoms with Gasteiger partial charge in [-0.1, -0.05) is 52.0 Å². The average Bonchev–Trinajstić information content (AvgIpc) is 3.31. The van der Waals surface area contributed by atoms with E-state index in [1.165, 1.54) is 0 Å². The lowest BCUT2D eigenvalue weighted by atomic mass is 9.89. The number of urea groups is 1. The molecule has 0 aliphatic carbocycles. The summed E-state index contributed by atoms with van der Waals surface area (Å²) in [5.41, 5.74) is 1.89. The van der Waals surface area contributed by atoms with Crippen molar-refractivity contribution in [2.75, 3.05) is 13.3 Å². The Morgan fingerprint density at radius 3 is 2.44 bits per heavy atom. The molecule has 0 saturated carbocycles. The largest absolute Gasteiger partial charge is 0.454 e. The first-order valence-corrected chi connectivity index (χ1v) is 10.8. The Hall–Kier alpha value is -3.35. The summed E-state index contributed by atoms with van der Waals surface area (Å²) in [6.07, 6.45) is 0. The molecule has 2 aromatic rings. The van der Waals surface area contributed by atoms with Gasteiger partial charge in [0.2, 0.25) is 6.79 Å².